The van der Waals surface area contributed by atoms with E-state index in [4.69, 9.17) is 10.7 Å². The molecule has 2 aliphatic heterocycles. The molecule has 2 rings (SSSR count). The first kappa shape index (κ1) is 23.5. The lowest BCUT2D eigenvalue weighted by Gasteiger charge is -2.36. The van der Waals surface area contributed by atoms with E-state index in [2.05, 4.69) is 35.9 Å². The van der Waals surface area contributed by atoms with Crippen LogP contribution in [0.15, 0.2) is 4.99 Å². The maximum Gasteiger partial charge on any atom is 0.217 e. The molecular formula is C19H38IN5O. The van der Waals surface area contributed by atoms with Gasteiger partial charge in [-0.25, -0.2) is 0 Å². The Hall–Kier alpha value is -0.570. The number of amides is 1. The molecule has 2 heterocycles. The zero-order chi connectivity index (χ0) is 18.2. The van der Waals surface area contributed by atoms with Gasteiger partial charge in [-0.05, 0) is 57.9 Å². The molecule has 0 aromatic heterocycles. The Morgan fingerprint density at radius 1 is 1.27 bits per heavy atom. The van der Waals surface area contributed by atoms with Crippen LogP contribution in [-0.4, -0.2) is 67.0 Å². The van der Waals surface area contributed by atoms with Crippen molar-refractivity contribution in [3.05, 3.63) is 0 Å². The summed E-state index contributed by atoms with van der Waals surface area (Å²) in [5.41, 5.74) is 5.39. The number of rotatable bonds is 6. The number of hydrogen-bond donors (Lipinski definition) is 2. The number of nitrogens with zero attached hydrogens (tertiary/aromatic N) is 3. The summed E-state index contributed by atoms with van der Waals surface area (Å²) in [6, 6.07) is 0.475. The summed E-state index contributed by atoms with van der Waals surface area (Å²) in [6.07, 6.45) is 5.32. The van der Waals surface area contributed by atoms with Crippen LogP contribution in [0.3, 0.4) is 0 Å². The number of primary amides is 1. The van der Waals surface area contributed by atoms with Crippen LogP contribution in [0.2, 0.25) is 0 Å². The number of carbonyl (C=O) groups excluding carboxylic acids is 1. The third-order valence-corrected chi connectivity index (χ3v) is 5.46. The summed E-state index contributed by atoms with van der Waals surface area (Å²) in [5, 5.41) is 3.43. The zero-order valence-corrected chi connectivity index (χ0v) is 19.1. The number of guanidine groups is 1. The Morgan fingerprint density at radius 2 is 2.00 bits per heavy atom. The normalized spacial score (nSPS) is 26.1. The summed E-state index contributed by atoms with van der Waals surface area (Å²) in [5.74, 6) is 1.95. The van der Waals surface area contributed by atoms with E-state index in [0.29, 0.717) is 18.4 Å². The maximum absolute atomic E-state index is 11.2. The molecule has 0 radical (unpaired) electrons. The zero-order valence-electron chi connectivity index (χ0n) is 16.7. The van der Waals surface area contributed by atoms with Crippen LogP contribution < -0.4 is 11.1 Å². The third kappa shape index (κ3) is 7.58. The highest BCUT2D eigenvalue weighted by molar-refractivity contribution is 14.0. The first-order valence-electron chi connectivity index (χ1n) is 10.0. The van der Waals surface area contributed by atoms with Crippen molar-refractivity contribution in [3.63, 3.8) is 0 Å². The fourth-order valence-corrected chi connectivity index (χ4v) is 4.09. The number of hydrogen-bond acceptors (Lipinski definition) is 3. The van der Waals surface area contributed by atoms with Crippen LogP contribution in [0.25, 0.3) is 0 Å². The van der Waals surface area contributed by atoms with E-state index < -0.39 is 0 Å². The van der Waals surface area contributed by atoms with Gasteiger partial charge in [-0.1, -0.05) is 6.92 Å². The first-order chi connectivity index (χ1) is 12.0. The molecule has 0 saturated carbocycles. The highest BCUT2D eigenvalue weighted by Gasteiger charge is 2.24. The number of carbonyl (C=O) groups is 1. The van der Waals surface area contributed by atoms with Crippen molar-refractivity contribution < 1.29 is 4.79 Å². The van der Waals surface area contributed by atoms with E-state index in [1.807, 2.05) is 0 Å². The molecule has 3 N–H and O–H groups in total. The Morgan fingerprint density at radius 3 is 2.65 bits per heavy atom. The molecular weight excluding hydrogens is 441 g/mol. The fraction of sp³-hybridized carbons (Fsp3) is 0.895. The van der Waals surface area contributed by atoms with Gasteiger partial charge in [-0.3, -0.25) is 14.7 Å². The van der Waals surface area contributed by atoms with Gasteiger partial charge in [0.25, 0.3) is 0 Å². The predicted molar refractivity (Wildman–Crippen MR) is 119 cm³/mol. The lowest BCUT2D eigenvalue weighted by atomic mass is 9.95. The van der Waals surface area contributed by atoms with E-state index in [9.17, 15) is 4.79 Å². The summed E-state index contributed by atoms with van der Waals surface area (Å²) in [6.45, 7) is 12.7. The van der Waals surface area contributed by atoms with E-state index in [1.165, 1.54) is 25.9 Å². The largest absolute Gasteiger partial charge is 0.370 e. The monoisotopic (exact) mass is 479 g/mol. The highest BCUT2D eigenvalue weighted by Crippen LogP contribution is 2.20. The molecule has 3 unspecified atom stereocenters. The van der Waals surface area contributed by atoms with Crippen molar-refractivity contribution in [1.82, 2.24) is 15.1 Å². The minimum atomic E-state index is -0.193. The predicted octanol–water partition coefficient (Wildman–Crippen LogP) is 2.28. The van der Waals surface area contributed by atoms with Gasteiger partial charge in [-0.2, -0.15) is 0 Å². The average Bonchev–Trinajstić information content (AvgIpc) is 2.58. The standard InChI is InChI=1S/C19H37N5O.HI/c1-4-21-19(24-10-6-8-17(14-24)11-18(20)25)22-12-16(3)23-9-5-7-15(2)13-23;/h15-17H,4-14H2,1-3H3,(H2,20,25)(H,21,22);1H. The van der Waals surface area contributed by atoms with Gasteiger partial charge in [0.2, 0.25) is 5.91 Å². The van der Waals surface area contributed by atoms with Crippen LogP contribution >= 0.6 is 24.0 Å². The van der Waals surface area contributed by atoms with E-state index in [1.54, 1.807) is 0 Å². The van der Waals surface area contributed by atoms with Gasteiger partial charge < -0.3 is 16.0 Å². The Labute approximate surface area is 176 Å². The first-order valence-corrected chi connectivity index (χ1v) is 10.0. The van der Waals surface area contributed by atoms with Crippen molar-refractivity contribution in [2.24, 2.45) is 22.6 Å². The number of nitrogens with two attached hydrogens (primary N) is 1. The van der Waals surface area contributed by atoms with Crippen LogP contribution in [0.5, 0.6) is 0 Å². The molecule has 0 aromatic carbocycles. The highest BCUT2D eigenvalue weighted by atomic mass is 127. The van der Waals surface area contributed by atoms with Gasteiger partial charge in [0.05, 0.1) is 6.54 Å². The average molecular weight is 479 g/mol. The van der Waals surface area contributed by atoms with Gasteiger partial charge in [-0.15, -0.1) is 24.0 Å². The van der Waals surface area contributed by atoms with E-state index in [0.717, 1.165) is 50.9 Å². The molecule has 0 spiro atoms. The number of halogens is 1. The molecule has 6 nitrogen and oxygen atoms in total. The Balaban J connectivity index is 0.00000338. The number of nitrogens with one attached hydrogen (secondary N) is 1. The molecule has 0 aliphatic carbocycles. The van der Waals surface area contributed by atoms with Crippen molar-refractivity contribution >= 4 is 35.8 Å². The van der Waals surface area contributed by atoms with Gasteiger partial charge in [0.1, 0.15) is 0 Å². The summed E-state index contributed by atoms with van der Waals surface area (Å²) >= 11 is 0. The van der Waals surface area contributed by atoms with Crippen LogP contribution in [0.1, 0.15) is 52.9 Å². The second-order valence-corrected chi connectivity index (χ2v) is 7.91. The number of piperidine rings is 2. The number of likely N-dealkylation sites (tertiary alicyclic amines) is 2. The fourth-order valence-electron chi connectivity index (χ4n) is 4.09. The molecule has 7 heteroatoms. The molecule has 1 amide bonds. The molecule has 26 heavy (non-hydrogen) atoms. The second kappa shape index (κ2) is 12.0. The van der Waals surface area contributed by atoms with Crippen molar-refractivity contribution in [2.45, 2.75) is 58.9 Å². The molecule has 2 aliphatic rings. The smallest absolute Gasteiger partial charge is 0.217 e. The Kier molecular flexibility index (Phi) is 10.8. The summed E-state index contributed by atoms with van der Waals surface area (Å²) in [7, 11) is 0. The molecule has 0 bridgehead atoms. The summed E-state index contributed by atoms with van der Waals surface area (Å²) in [4.78, 5) is 21.1. The SMILES string of the molecule is CCNC(=NCC(C)N1CCCC(C)C1)N1CCCC(CC(N)=O)C1.I. The maximum atomic E-state index is 11.2. The molecule has 152 valence electrons. The molecule has 0 aromatic rings. The van der Waals surface area contributed by atoms with Crippen molar-refractivity contribution in [1.29, 1.82) is 0 Å². The van der Waals surface area contributed by atoms with E-state index in [-0.39, 0.29) is 29.9 Å². The van der Waals surface area contributed by atoms with Crippen LogP contribution in [-0.2, 0) is 4.79 Å². The lowest BCUT2D eigenvalue weighted by molar-refractivity contribution is -0.119. The van der Waals surface area contributed by atoms with Crippen molar-refractivity contribution in [2.75, 3.05) is 39.3 Å². The summed E-state index contributed by atoms with van der Waals surface area (Å²) < 4.78 is 0. The minimum Gasteiger partial charge on any atom is -0.370 e. The quantitative estimate of drug-likeness (QED) is 0.348. The van der Waals surface area contributed by atoms with Gasteiger partial charge >= 0.3 is 0 Å². The van der Waals surface area contributed by atoms with Gasteiger partial charge in [0.15, 0.2) is 5.96 Å². The topological polar surface area (TPSA) is 74.0 Å². The van der Waals surface area contributed by atoms with Crippen LogP contribution in [0.4, 0.5) is 0 Å². The van der Waals surface area contributed by atoms with E-state index >= 15 is 0 Å². The van der Waals surface area contributed by atoms with Crippen LogP contribution in [0, 0.1) is 11.8 Å². The lowest BCUT2D eigenvalue weighted by Crippen LogP contribution is -2.48. The minimum absolute atomic E-state index is 0. The van der Waals surface area contributed by atoms with Crippen molar-refractivity contribution in [3.8, 4) is 0 Å². The molecule has 2 fully saturated rings. The molecule has 2 saturated heterocycles. The molecule has 3 atom stereocenters. The third-order valence-electron chi connectivity index (χ3n) is 5.46. The Bertz CT molecular complexity index is 459. The number of aliphatic imine (C=N–C) groups is 1. The second-order valence-electron chi connectivity index (χ2n) is 7.91. The van der Waals surface area contributed by atoms with Gasteiger partial charge in [0, 0.05) is 38.6 Å².